The van der Waals surface area contributed by atoms with Gasteiger partial charge in [-0.05, 0) is 19.8 Å². The van der Waals surface area contributed by atoms with E-state index < -0.39 is 17.8 Å². The maximum absolute atomic E-state index is 11.9. The van der Waals surface area contributed by atoms with Gasteiger partial charge in [-0.3, -0.25) is 14.9 Å². The van der Waals surface area contributed by atoms with Crippen LogP contribution in [-0.2, 0) is 9.59 Å². The Bertz CT molecular complexity index is 348. The highest BCUT2D eigenvalue weighted by Gasteiger charge is 2.32. The van der Waals surface area contributed by atoms with Crippen molar-refractivity contribution in [1.29, 1.82) is 0 Å². The van der Waals surface area contributed by atoms with Gasteiger partial charge >= 0.3 is 6.03 Å². The number of nitrogens with zero attached hydrogens (tertiary/aromatic N) is 1. The molecule has 0 bridgehead atoms. The van der Waals surface area contributed by atoms with E-state index in [-0.39, 0.29) is 30.8 Å². The van der Waals surface area contributed by atoms with E-state index in [1.54, 1.807) is 0 Å². The van der Waals surface area contributed by atoms with Gasteiger partial charge in [0.15, 0.2) is 0 Å². The Balaban J connectivity index is 2.59. The molecule has 6 nitrogen and oxygen atoms in total. The molecule has 0 saturated carbocycles. The van der Waals surface area contributed by atoms with E-state index in [0.29, 0.717) is 12.8 Å². The van der Waals surface area contributed by atoms with Crippen LogP contribution in [0.1, 0.15) is 26.2 Å². The molecule has 7 heteroatoms. The molecule has 1 aliphatic heterocycles. The highest BCUT2D eigenvalue weighted by molar-refractivity contribution is 6.19. The van der Waals surface area contributed by atoms with Crippen molar-refractivity contribution in [3.63, 3.8) is 0 Å². The average molecular weight is 276 g/mol. The lowest BCUT2D eigenvalue weighted by Gasteiger charge is -2.36. The molecule has 18 heavy (non-hydrogen) atoms. The number of likely N-dealkylation sites (tertiary alicyclic amines) is 1. The van der Waals surface area contributed by atoms with Crippen LogP contribution >= 0.6 is 11.6 Å². The molecule has 2 unspecified atom stereocenters. The molecule has 2 atom stereocenters. The summed E-state index contributed by atoms with van der Waals surface area (Å²) >= 11 is 5.41. The van der Waals surface area contributed by atoms with Gasteiger partial charge in [0.2, 0.25) is 11.8 Å². The summed E-state index contributed by atoms with van der Waals surface area (Å²) in [6.07, 6.45) is 1.47. The van der Waals surface area contributed by atoms with Crippen LogP contribution in [0.5, 0.6) is 0 Å². The fourth-order valence-corrected chi connectivity index (χ4v) is 2.13. The van der Waals surface area contributed by atoms with Gasteiger partial charge in [-0.2, -0.15) is 0 Å². The SMILES string of the molecule is CC1CCC(C(N)=O)CN1C(=O)NC(=O)CCCl. The molecular weight excluding hydrogens is 258 g/mol. The number of nitrogens with one attached hydrogen (secondary N) is 1. The van der Waals surface area contributed by atoms with Gasteiger partial charge in [-0.1, -0.05) is 0 Å². The molecule has 0 aliphatic carbocycles. The Hall–Kier alpha value is -1.30. The van der Waals surface area contributed by atoms with Crippen molar-refractivity contribution in [1.82, 2.24) is 10.2 Å². The minimum Gasteiger partial charge on any atom is -0.369 e. The number of imide groups is 1. The third-order valence-electron chi connectivity index (χ3n) is 3.11. The number of hydrogen-bond donors (Lipinski definition) is 2. The Labute approximate surface area is 111 Å². The van der Waals surface area contributed by atoms with Crippen LogP contribution in [0, 0.1) is 5.92 Å². The average Bonchev–Trinajstić information content (AvgIpc) is 2.29. The zero-order chi connectivity index (χ0) is 13.7. The van der Waals surface area contributed by atoms with Crippen LogP contribution in [-0.4, -0.2) is 41.2 Å². The van der Waals surface area contributed by atoms with Crippen molar-refractivity contribution < 1.29 is 14.4 Å². The number of alkyl halides is 1. The van der Waals surface area contributed by atoms with Gasteiger partial charge < -0.3 is 10.6 Å². The van der Waals surface area contributed by atoms with Gasteiger partial charge in [-0.15, -0.1) is 11.6 Å². The standard InChI is InChI=1S/C11H18ClN3O3/c1-7-2-3-8(10(13)17)6-15(7)11(18)14-9(16)4-5-12/h7-8H,2-6H2,1H3,(H2,13,17)(H,14,16,18). The predicted molar refractivity (Wildman–Crippen MR) is 67.0 cm³/mol. The van der Waals surface area contributed by atoms with Crippen LogP contribution in [0.3, 0.4) is 0 Å². The molecule has 1 saturated heterocycles. The summed E-state index contributed by atoms with van der Waals surface area (Å²) in [5.41, 5.74) is 5.24. The van der Waals surface area contributed by atoms with E-state index in [2.05, 4.69) is 5.32 Å². The number of carbonyl (C=O) groups excluding carboxylic acids is 3. The second-order valence-corrected chi connectivity index (χ2v) is 4.85. The summed E-state index contributed by atoms with van der Waals surface area (Å²) in [6, 6.07) is -0.493. The molecule has 0 aromatic carbocycles. The zero-order valence-corrected chi connectivity index (χ0v) is 11.1. The molecular formula is C11H18ClN3O3. The van der Waals surface area contributed by atoms with E-state index in [1.807, 2.05) is 6.92 Å². The van der Waals surface area contributed by atoms with E-state index in [4.69, 9.17) is 17.3 Å². The van der Waals surface area contributed by atoms with Crippen molar-refractivity contribution in [2.24, 2.45) is 11.7 Å². The topological polar surface area (TPSA) is 92.5 Å². The fourth-order valence-electron chi connectivity index (χ4n) is 1.96. The number of carbonyl (C=O) groups is 3. The first-order chi connectivity index (χ1) is 8.45. The maximum Gasteiger partial charge on any atom is 0.324 e. The monoisotopic (exact) mass is 275 g/mol. The van der Waals surface area contributed by atoms with Gasteiger partial charge in [-0.25, -0.2) is 4.79 Å². The smallest absolute Gasteiger partial charge is 0.324 e. The van der Waals surface area contributed by atoms with Gasteiger partial charge in [0.05, 0.1) is 5.92 Å². The van der Waals surface area contributed by atoms with Crippen LogP contribution in [0.4, 0.5) is 4.79 Å². The lowest BCUT2D eigenvalue weighted by molar-refractivity contribution is -0.123. The first-order valence-corrected chi connectivity index (χ1v) is 6.45. The summed E-state index contributed by atoms with van der Waals surface area (Å²) in [5.74, 6) is -0.997. The Morgan fingerprint density at radius 3 is 2.61 bits per heavy atom. The lowest BCUT2D eigenvalue weighted by atomic mass is 9.93. The first kappa shape index (κ1) is 14.8. The van der Waals surface area contributed by atoms with Gasteiger partial charge in [0.25, 0.3) is 0 Å². The Kier molecular flexibility index (Phi) is 5.40. The number of nitrogens with two attached hydrogens (primary N) is 1. The number of urea groups is 1. The quantitative estimate of drug-likeness (QED) is 0.732. The number of amides is 4. The molecule has 1 heterocycles. The molecule has 1 rings (SSSR count). The third kappa shape index (κ3) is 3.87. The predicted octanol–water partition coefficient (Wildman–Crippen LogP) is 0.437. The first-order valence-electron chi connectivity index (χ1n) is 5.91. The van der Waals surface area contributed by atoms with Crippen LogP contribution in [0.2, 0.25) is 0 Å². The van der Waals surface area contributed by atoms with E-state index >= 15 is 0 Å². The second-order valence-electron chi connectivity index (χ2n) is 4.47. The highest BCUT2D eigenvalue weighted by Crippen LogP contribution is 2.21. The second kappa shape index (κ2) is 6.58. The van der Waals surface area contributed by atoms with E-state index in [9.17, 15) is 14.4 Å². The fraction of sp³-hybridized carbons (Fsp3) is 0.727. The molecule has 1 fully saturated rings. The minimum absolute atomic E-state index is 0.00981. The highest BCUT2D eigenvalue weighted by atomic mass is 35.5. The molecule has 3 N–H and O–H groups in total. The van der Waals surface area contributed by atoms with E-state index in [0.717, 1.165) is 0 Å². The minimum atomic E-state index is -0.483. The summed E-state index contributed by atoms with van der Waals surface area (Å²) < 4.78 is 0. The van der Waals surface area contributed by atoms with Crippen molar-refractivity contribution in [3.8, 4) is 0 Å². The Morgan fingerprint density at radius 2 is 2.06 bits per heavy atom. The van der Waals surface area contributed by atoms with Crippen LogP contribution in [0.15, 0.2) is 0 Å². The summed E-state index contributed by atoms with van der Waals surface area (Å²) in [6.45, 7) is 2.14. The molecule has 0 radical (unpaired) electrons. The molecule has 0 aromatic rings. The normalized spacial score (nSPS) is 23.6. The Morgan fingerprint density at radius 1 is 1.39 bits per heavy atom. The third-order valence-corrected chi connectivity index (χ3v) is 3.30. The molecule has 0 aromatic heterocycles. The number of primary amides is 1. The summed E-state index contributed by atoms with van der Waals surface area (Å²) in [5, 5.41) is 2.25. The number of halogens is 1. The van der Waals surface area contributed by atoms with Crippen molar-refractivity contribution in [3.05, 3.63) is 0 Å². The maximum atomic E-state index is 11.9. The molecule has 4 amide bonds. The number of rotatable bonds is 3. The zero-order valence-electron chi connectivity index (χ0n) is 10.3. The molecule has 0 spiro atoms. The van der Waals surface area contributed by atoms with Crippen molar-refractivity contribution >= 4 is 29.4 Å². The summed E-state index contributed by atoms with van der Waals surface area (Å²) in [4.78, 5) is 35.8. The molecule has 102 valence electrons. The molecule has 1 aliphatic rings. The summed E-state index contributed by atoms with van der Waals surface area (Å²) in [7, 11) is 0. The van der Waals surface area contributed by atoms with Crippen molar-refractivity contribution in [2.75, 3.05) is 12.4 Å². The lowest BCUT2D eigenvalue weighted by Crippen LogP contribution is -2.53. The number of piperidine rings is 1. The van der Waals surface area contributed by atoms with Crippen LogP contribution in [0.25, 0.3) is 0 Å². The largest absolute Gasteiger partial charge is 0.369 e. The number of hydrogen-bond acceptors (Lipinski definition) is 3. The van der Waals surface area contributed by atoms with Crippen LogP contribution < -0.4 is 11.1 Å². The van der Waals surface area contributed by atoms with Gasteiger partial charge in [0.1, 0.15) is 0 Å². The van der Waals surface area contributed by atoms with Gasteiger partial charge in [0, 0.05) is 24.9 Å². The van der Waals surface area contributed by atoms with E-state index in [1.165, 1.54) is 4.90 Å². The van der Waals surface area contributed by atoms with Crippen molar-refractivity contribution in [2.45, 2.75) is 32.2 Å².